The van der Waals surface area contributed by atoms with Crippen molar-refractivity contribution in [2.75, 3.05) is 0 Å². The Hall–Kier alpha value is -2.62. The molecule has 1 atom stereocenters. The molecule has 2 rings (SSSR count). The molecule has 114 valence electrons. The maximum absolute atomic E-state index is 12.7. The summed E-state index contributed by atoms with van der Waals surface area (Å²) in [6, 6.07) is 18.4. The lowest BCUT2D eigenvalue weighted by Gasteiger charge is -2.21. The maximum atomic E-state index is 12.7. The van der Waals surface area contributed by atoms with E-state index in [0.717, 1.165) is 11.1 Å². The van der Waals surface area contributed by atoms with E-state index in [9.17, 15) is 9.59 Å². The van der Waals surface area contributed by atoms with Gasteiger partial charge in [-0.05, 0) is 17.5 Å². The number of hydrogen-bond acceptors (Lipinski definition) is 2. The highest BCUT2D eigenvalue weighted by atomic mass is 16.2. The highest BCUT2D eigenvalue weighted by molar-refractivity contribution is 5.91. The molecule has 0 fully saturated rings. The summed E-state index contributed by atoms with van der Waals surface area (Å²) in [6.45, 7) is 1.82. The van der Waals surface area contributed by atoms with Crippen molar-refractivity contribution in [3.63, 3.8) is 0 Å². The van der Waals surface area contributed by atoms with E-state index in [4.69, 9.17) is 5.73 Å². The fourth-order valence-electron chi connectivity index (χ4n) is 2.42. The molecule has 4 nitrogen and oxygen atoms in total. The van der Waals surface area contributed by atoms with Crippen molar-refractivity contribution in [1.29, 1.82) is 0 Å². The highest BCUT2D eigenvalue weighted by Crippen LogP contribution is 2.24. The first-order chi connectivity index (χ1) is 10.6. The van der Waals surface area contributed by atoms with Gasteiger partial charge in [0.05, 0.1) is 5.92 Å². The third-order valence-corrected chi connectivity index (χ3v) is 3.60. The Labute approximate surface area is 130 Å². The molecule has 2 aromatic carbocycles. The van der Waals surface area contributed by atoms with Gasteiger partial charge < -0.3 is 11.1 Å². The molecule has 2 amide bonds. The van der Waals surface area contributed by atoms with Crippen LogP contribution in [0.25, 0.3) is 0 Å². The quantitative estimate of drug-likeness (QED) is 0.857. The van der Waals surface area contributed by atoms with Crippen molar-refractivity contribution in [3.05, 3.63) is 71.8 Å². The molecule has 0 saturated heterocycles. The van der Waals surface area contributed by atoms with Gasteiger partial charge in [0, 0.05) is 0 Å². The van der Waals surface area contributed by atoms with E-state index >= 15 is 0 Å². The van der Waals surface area contributed by atoms with Gasteiger partial charge in [-0.2, -0.15) is 0 Å². The monoisotopic (exact) mass is 296 g/mol. The molecule has 0 aliphatic rings. The molecule has 22 heavy (non-hydrogen) atoms. The lowest BCUT2D eigenvalue weighted by atomic mass is 9.90. The number of amides is 2. The highest BCUT2D eigenvalue weighted by Gasteiger charge is 2.25. The first-order valence-corrected chi connectivity index (χ1v) is 7.33. The van der Waals surface area contributed by atoms with Gasteiger partial charge >= 0.3 is 0 Å². The minimum absolute atomic E-state index is 0.219. The zero-order valence-electron chi connectivity index (χ0n) is 12.5. The lowest BCUT2D eigenvalue weighted by molar-refractivity contribution is -0.127. The number of nitrogens with two attached hydrogens (primary N) is 1. The Morgan fingerprint density at radius 3 is 1.77 bits per heavy atom. The van der Waals surface area contributed by atoms with Gasteiger partial charge in [-0.1, -0.05) is 67.6 Å². The van der Waals surface area contributed by atoms with E-state index in [1.807, 2.05) is 67.6 Å². The molecule has 0 aromatic heterocycles. The summed E-state index contributed by atoms with van der Waals surface area (Å²) >= 11 is 0. The Bertz CT molecular complexity index is 587. The second-order valence-corrected chi connectivity index (χ2v) is 5.13. The van der Waals surface area contributed by atoms with E-state index in [0.29, 0.717) is 6.42 Å². The molecule has 0 spiro atoms. The van der Waals surface area contributed by atoms with Crippen LogP contribution in [-0.4, -0.2) is 17.9 Å². The summed E-state index contributed by atoms with van der Waals surface area (Å²) in [5.74, 6) is -1.20. The minimum Gasteiger partial charge on any atom is -0.368 e. The maximum Gasteiger partial charge on any atom is 0.239 e. The molecule has 3 N–H and O–H groups in total. The van der Waals surface area contributed by atoms with Crippen molar-refractivity contribution >= 4 is 11.8 Å². The smallest absolute Gasteiger partial charge is 0.239 e. The number of rotatable bonds is 6. The van der Waals surface area contributed by atoms with Gasteiger partial charge in [-0.3, -0.25) is 9.59 Å². The molecule has 0 unspecified atom stereocenters. The first-order valence-electron chi connectivity index (χ1n) is 7.33. The van der Waals surface area contributed by atoms with Crippen LogP contribution in [0.15, 0.2) is 60.7 Å². The third kappa shape index (κ3) is 3.73. The summed E-state index contributed by atoms with van der Waals surface area (Å²) in [7, 11) is 0. The summed E-state index contributed by atoms with van der Waals surface area (Å²) in [5.41, 5.74) is 7.08. The van der Waals surface area contributed by atoms with Gasteiger partial charge in [0.2, 0.25) is 11.8 Å². The molecular formula is C18H20N2O2. The third-order valence-electron chi connectivity index (χ3n) is 3.60. The molecular weight excluding hydrogens is 276 g/mol. The predicted octanol–water partition coefficient (Wildman–Crippen LogP) is 2.20. The van der Waals surface area contributed by atoms with Crippen molar-refractivity contribution in [3.8, 4) is 0 Å². The second-order valence-electron chi connectivity index (χ2n) is 5.13. The zero-order chi connectivity index (χ0) is 15.9. The first kappa shape index (κ1) is 15.8. The number of benzene rings is 2. The van der Waals surface area contributed by atoms with Crippen LogP contribution in [0.5, 0.6) is 0 Å². The second kappa shape index (κ2) is 7.41. The van der Waals surface area contributed by atoms with E-state index in [1.165, 1.54) is 0 Å². The Balaban J connectivity index is 2.33. The van der Waals surface area contributed by atoms with Crippen LogP contribution in [0.3, 0.4) is 0 Å². The fourth-order valence-corrected chi connectivity index (χ4v) is 2.42. The molecule has 0 saturated carbocycles. The number of primary amides is 1. The number of nitrogens with one attached hydrogen (secondary N) is 1. The normalized spacial score (nSPS) is 11.9. The van der Waals surface area contributed by atoms with Crippen LogP contribution >= 0.6 is 0 Å². The summed E-state index contributed by atoms with van der Waals surface area (Å²) in [4.78, 5) is 24.1. The molecule has 0 aliphatic carbocycles. The van der Waals surface area contributed by atoms with Gasteiger partial charge in [-0.25, -0.2) is 0 Å². The predicted molar refractivity (Wildman–Crippen MR) is 86.1 cm³/mol. The van der Waals surface area contributed by atoms with Crippen LogP contribution in [-0.2, 0) is 9.59 Å². The standard InChI is InChI=1S/C18H20N2O2/c1-2-15(17(19)21)20-18(22)16(13-9-5-3-6-10-13)14-11-7-4-8-12-14/h3-12,15-16H,2H2,1H3,(H2,19,21)(H,20,22)/t15-/m1/s1. The van der Waals surface area contributed by atoms with Crippen molar-refractivity contribution in [2.24, 2.45) is 5.73 Å². The molecule has 0 radical (unpaired) electrons. The Kier molecular flexibility index (Phi) is 5.31. The van der Waals surface area contributed by atoms with Crippen LogP contribution in [0.2, 0.25) is 0 Å². The number of hydrogen-bond donors (Lipinski definition) is 2. The number of carbonyl (C=O) groups excluding carboxylic acids is 2. The fraction of sp³-hybridized carbons (Fsp3) is 0.222. The number of carbonyl (C=O) groups is 2. The topological polar surface area (TPSA) is 72.2 Å². The molecule has 0 heterocycles. The zero-order valence-corrected chi connectivity index (χ0v) is 12.5. The lowest BCUT2D eigenvalue weighted by Crippen LogP contribution is -2.45. The average Bonchev–Trinajstić information content (AvgIpc) is 2.54. The van der Waals surface area contributed by atoms with Gasteiger partial charge in [0.1, 0.15) is 6.04 Å². The van der Waals surface area contributed by atoms with Crippen LogP contribution in [0.1, 0.15) is 30.4 Å². The summed E-state index contributed by atoms with van der Waals surface area (Å²) in [5, 5.41) is 2.75. The van der Waals surface area contributed by atoms with Gasteiger partial charge in [-0.15, -0.1) is 0 Å². The summed E-state index contributed by atoms with van der Waals surface area (Å²) in [6.07, 6.45) is 0.470. The van der Waals surface area contributed by atoms with Crippen molar-refractivity contribution in [1.82, 2.24) is 5.32 Å². The average molecular weight is 296 g/mol. The van der Waals surface area contributed by atoms with E-state index < -0.39 is 17.9 Å². The van der Waals surface area contributed by atoms with Crippen LogP contribution in [0, 0.1) is 0 Å². The molecule has 0 aliphatic heterocycles. The Morgan fingerprint density at radius 2 is 1.41 bits per heavy atom. The van der Waals surface area contributed by atoms with E-state index in [1.54, 1.807) is 0 Å². The molecule has 2 aromatic rings. The minimum atomic E-state index is -0.651. The van der Waals surface area contributed by atoms with Crippen molar-refractivity contribution < 1.29 is 9.59 Å². The SMILES string of the molecule is CC[C@@H](NC(=O)C(c1ccccc1)c1ccccc1)C(N)=O. The molecule has 4 heteroatoms. The summed E-state index contributed by atoms with van der Waals surface area (Å²) < 4.78 is 0. The van der Waals surface area contributed by atoms with Crippen LogP contribution in [0.4, 0.5) is 0 Å². The largest absolute Gasteiger partial charge is 0.368 e. The van der Waals surface area contributed by atoms with Gasteiger partial charge in [0.25, 0.3) is 0 Å². The van der Waals surface area contributed by atoms with E-state index in [2.05, 4.69) is 5.32 Å². The Morgan fingerprint density at radius 1 is 0.955 bits per heavy atom. The van der Waals surface area contributed by atoms with Crippen LogP contribution < -0.4 is 11.1 Å². The van der Waals surface area contributed by atoms with E-state index in [-0.39, 0.29) is 5.91 Å². The molecule has 0 bridgehead atoms. The van der Waals surface area contributed by atoms with Gasteiger partial charge in [0.15, 0.2) is 0 Å². The van der Waals surface area contributed by atoms with Crippen molar-refractivity contribution in [2.45, 2.75) is 25.3 Å².